The van der Waals surface area contributed by atoms with Crippen molar-refractivity contribution in [3.05, 3.63) is 120 Å². The van der Waals surface area contributed by atoms with E-state index < -0.39 is 0 Å². The van der Waals surface area contributed by atoms with Crippen LogP contribution >= 0.6 is 0 Å². The van der Waals surface area contributed by atoms with Crippen LogP contribution in [0.2, 0.25) is 0 Å². The second-order valence-electron chi connectivity index (χ2n) is 6.31. The molecule has 2 N–H and O–H groups in total. The molecule has 0 saturated carbocycles. The largest absolute Gasteiger partial charge is 0.507 e. The van der Waals surface area contributed by atoms with Crippen LogP contribution in [-0.2, 0) is 17.1 Å². The monoisotopic (exact) mass is 457 g/mol. The molecular formula is C26H22CuN2O2. The van der Waals surface area contributed by atoms with Crippen molar-refractivity contribution in [2.45, 2.75) is 0 Å². The van der Waals surface area contributed by atoms with Crippen molar-refractivity contribution in [3.63, 3.8) is 0 Å². The van der Waals surface area contributed by atoms with Crippen LogP contribution in [0.4, 0.5) is 11.4 Å². The van der Waals surface area contributed by atoms with Gasteiger partial charge in [-0.05, 0) is 48.5 Å². The maximum atomic E-state index is 9.50. The standard InChI is InChI=1S/2C13H11NO.Cu/c2*15-13-9-5-4-6-11(13)10-14-12-7-2-1-3-8-12;/h2*1-10,15H;. The van der Waals surface area contributed by atoms with Gasteiger partial charge in [0, 0.05) is 40.6 Å². The number of para-hydroxylation sites is 4. The van der Waals surface area contributed by atoms with E-state index in [0.717, 1.165) is 22.5 Å². The van der Waals surface area contributed by atoms with E-state index >= 15 is 0 Å². The normalized spacial score (nSPS) is 10.3. The van der Waals surface area contributed by atoms with Gasteiger partial charge in [-0.15, -0.1) is 0 Å². The first kappa shape index (κ1) is 23.6. The molecule has 0 spiro atoms. The van der Waals surface area contributed by atoms with Crippen molar-refractivity contribution in [2.75, 3.05) is 0 Å². The zero-order valence-electron chi connectivity index (χ0n) is 16.6. The fourth-order valence-electron chi connectivity index (χ4n) is 2.51. The summed E-state index contributed by atoms with van der Waals surface area (Å²) in [6.45, 7) is 0. The number of aliphatic imine (C=N–C) groups is 2. The summed E-state index contributed by atoms with van der Waals surface area (Å²) >= 11 is 0. The third kappa shape index (κ3) is 7.94. The van der Waals surface area contributed by atoms with E-state index in [1.165, 1.54) is 0 Å². The summed E-state index contributed by atoms with van der Waals surface area (Å²) < 4.78 is 0. The predicted molar refractivity (Wildman–Crippen MR) is 124 cm³/mol. The SMILES string of the molecule is Oc1ccccc1C=Nc1ccccc1.Oc1ccccc1C=Nc1ccccc1.[Cu]. The molecule has 0 aliphatic rings. The minimum Gasteiger partial charge on any atom is -0.507 e. The van der Waals surface area contributed by atoms with Crippen LogP contribution < -0.4 is 0 Å². The van der Waals surface area contributed by atoms with E-state index in [1.807, 2.05) is 84.9 Å². The number of benzene rings is 4. The first-order valence-electron chi connectivity index (χ1n) is 9.46. The van der Waals surface area contributed by atoms with Crippen LogP contribution in [0.3, 0.4) is 0 Å². The summed E-state index contributed by atoms with van der Waals surface area (Å²) in [6.07, 6.45) is 3.31. The van der Waals surface area contributed by atoms with E-state index in [1.54, 1.807) is 36.7 Å². The number of phenolic OH excluding ortho intramolecular Hbond substituents is 2. The second-order valence-corrected chi connectivity index (χ2v) is 6.31. The molecule has 0 unspecified atom stereocenters. The van der Waals surface area contributed by atoms with Gasteiger partial charge in [0.05, 0.1) is 11.4 Å². The van der Waals surface area contributed by atoms with E-state index in [-0.39, 0.29) is 28.6 Å². The van der Waals surface area contributed by atoms with Crippen LogP contribution in [-0.4, -0.2) is 22.6 Å². The molecule has 0 aliphatic carbocycles. The fourth-order valence-corrected chi connectivity index (χ4v) is 2.51. The van der Waals surface area contributed by atoms with Crippen LogP contribution in [0.5, 0.6) is 11.5 Å². The van der Waals surface area contributed by atoms with Gasteiger partial charge in [-0.1, -0.05) is 60.7 Å². The molecule has 0 fully saturated rings. The van der Waals surface area contributed by atoms with E-state index in [0.29, 0.717) is 0 Å². The van der Waals surface area contributed by atoms with Gasteiger partial charge in [0.25, 0.3) is 0 Å². The molecule has 0 heterocycles. The molecule has 159 valence electrons. The van der Waals surface area contributed by atoms with Gasteiger partial charge in [0.15, 0.2) is 0 Å². The smallest absolute Gasteiger partial charge is 0.124 e. The van der Waals surface area contributed by atoms with Crippen LogP contribution in [0.1, 0.15) is 11.1 Å². The Labute approximate surface area is 192 Å². The Morgan fingerprint density at radius 2 is 0.774 bits per heavy atom. The third-order valence-electron chi connectivity index (χ3n) is 4.09. The van der Waals surface area contributed by atoms with Gasteiger partial charge in [-0.25, -0.2) is 0 Å². The Morgan fingerprint density at radius 1 is 0.452 bits per heavy atom. The van der Waals surface area contributed by atoms with E-state index in [9.17, 15) is 10.2 Å². The second kappa shape index (κ2) is 12.8. The first-order valence-corrected chi connectivity index (χ1v) is 9.46. The summed E-state index contributed by atoms with van der Waals surface area (Å²) in [5.41, 5.74) is 3.20. The number of nitrogens with zero attached hydrogens (tertiary/aromatic N) is 2. The Morgan fingerprint density at radius 3 is 1.13 bits per heavy atom. The molecule has 4 aromatic carbocycles. The van der Waals surface area contributed by atoms with Gasteiger partial charge in [-0.2, -0.15) is 0 Å². The summed E-state index contributed by atoms with van der Waals surface area (Å²) in [6, 6.07) is 33.5. The quantitative estimate of drug-likeness (QED) is 0.279. The van der Waals surface area contributed by atoms with Crippen molar-refractivity contribution >= 4 is 23.8 Å². The van der Waals surface area contributed by atoms with Gasteiger partial charge >= 0.3 is 0 Å². The Bertz CT molecular complexity index is 1020. The third-order valence-corrected chi connectivity index (χ3v) is 4.09. The molecule has 0 amide bonds. The molecule has 0 aromatic heterocycles. The van der Waals surface area contributed by atoms with Crippen molar-refractivity contribution in [2.24, 2.45) is 9.98 Å². The topological polar surface area (TPSA) is 65.2 Å². The van der Waals surface area contributed by atoms with Crippen LogP contribution in [0, 0.1) is 0 Å². The number of hydrogen-bond donors (Lipinski definition) is 2. The van der Waals surface area contributed by atoms with Crippen molar-refractivity contribution < 1.29 is 27.3 Å². The van der Waals surface area contributed by atoms with Crippen LogP contribution in [0.25, 0.3) is 0 Å². The maximum Gasteiger partial charge on any atom is 0.124 e. The van der Waals surface area contributed by atoms with Gasteiger partial charge in [0.1, 0.15) is 11.5 Å². The van der Waals surface area contributed by atoms with Gasteiger partial charge in [-0.3, -0.25) is 9.98 Å². The predicted octanol–water partition coefficient (Wildman–Crippen LogP) is 6.28. The number of rotatable bonds is 4. The minimum atomic E-state index is 0. The molecule has 4 nitrogen and oxygen atoms in total. The zero-order chi connectivity index (χ0) is 21.0. The molecular weight excluding hydrogens is 436 g/mol. The Hall–Kier alpha value is -3.66. The molecule has 4 aromatic rings. The summed E-state index contributed by atoms with van der Waals surface area (Å²) in [4.78, 5) is 8.50. The first-order chi connectivity index (χ1) is 14.7. The summed E-state index contributed by atoms with van der Waals surface area (Å²) in [5.74, 6) is 0.495. The zero-order valence-corrected chi connectivity index (χ0v) is 17.6. The number of aromatic hydroxyl groups is 2. The molecule has 0 saturated heterocycles. The summed E-state index contributed by atoms with van der Waals surface area (Å²) in [7, 11) is 0. The molecule has 0 atom stereocenters. The Kier molecular flexibility index (Phi) is 9.76. The molecule has 1 radical (unpaired) electrons. The van der Waals surface area contributed by atoms with E-state index in [2.05, 4.69) is 9.98 Å². The number of hydrogen-bond acceptors (Lipinski definition) is 4. The van der Waals surface area contributed by atoms with Crippen molar-refractivity contribution in [1.82, 2.24) is 0 Å². The van der Waals surface area contributed by atoms with Gasteiger partial charge in [0.2, 0.25) is 0 Å². The fraction of sp³-hybridized carbons (Fsp3) is 0. The van der Waals surface area contributed by atoms with Crippen molar-refractivity contribution in [1.29, 1.82) is 0 Å². The van der Waals surface area contributed by atoms with Gasteiger partial charge < -0.3 is 10.2 Å². The average molecular weight is 458 g/mol. The minimum absolute atomic E-state index is 0. The average Bonchev–Trinajstić information content (AvgIpc) is 2.80. The van der Waals surface area contributed by atoms with Crippen LogP contribution in [0.15, 0.2) is 119 Å². The molecule has 5 heteroatoms. The van der Waals surface area contributed by atoms with E-state index in [4.69, 9.17) is 0 Å². The van der Waals surface area contributed by atoms with Crippen molar-refractivity contribution in [3.8, 4) is 11.5 Å². The molecule has 31 heavy (non-hydrogen) atoms. The maximum absolute atomic E-state index is 9.50. The molecule has 4 rings (SSSR count). The Balaban J connectivity index is 0.000000213. The molecule has 0 aliphatic heterocycles. The summed E-state index contributed by atoms with van der Waals surface area (Å²) in [5, 5.41) is 19.0. The molecule has 0 bridgehead atoms. The number of phenols is 2.